The zero-order chi connectivity index (χ0) is 20.1. The molecule has 6 nitrogen and oxygen atoms in total. The minimum Gasteiger partial charge on any atom is -0.459 e. The molecule has 0 bridgehead atoms. The van der Waals surface area contributed by atoms with Gasteiger partial charge in [0.25, 0.3) is 11.8 Å². The van der Waals surface area contributed by atoms with E-state index in [2.05, 4.69) is 35.5 Å². The maximum absolute atomic E-state index is 12.7. The lowest BCUT2D eigenvalue weighted by Crippen LogP contribution is -2.44. The molecule has 2 amide bonds. The first-order valence-electron chi connectivity index (χ1n) is 9.54. The Morgan fingerprint density at radius 1 is 1.29 bits per heavy atom. The van der Waals surface area contributed by atoms with Gasteiger partial charge in [0.2, 0.25) is 0 Å². The summed E-state index contributed by atoms with van der Waals surface area (Å²) in [7, 11) is 0. The monoisotopic (exact) mass is 401 g/mol. The van der Waals surface area contributed by atoms with E-state index in [0.29, 0.717) is 9.88 Å². The fourth-order valence-corrected chi connectivity index (χ4v) is 4.14. The van der Waals surface area contributed by atoms with Gasteiger partial charge in [-0.3, -0.25) is 14.5 Å². The molecule has 28 heavy (non-hydrogen) atoms. The molecular weight excluding hydrogens is 374 g/mol. The average Bonchev–Trinajstić information content (AvgIpc) is 3.31. The Bertz CT molecular complexity index is 842. The summed E-state index contributed by atoms with van der Waals surface area (Å²) in [5, 5.41) is 6.58. The third-order valence-electron chi connectivity index (χ3n) is 4.79. The fraction of sp³-hybridized carbons (Fsp3) is 0.429. The normalized spacial score (nSPS) is 15.2. The highest BCUT2D eigenvalue weighted by Gasteiger charge is 2.23. The van der Waals surface area contributed by atoms with E-state index in [9.17, 15) is 9.59 Å². The number of likely N-dealkylation sites (tertiary alicyclic amines) is 1. The minimum atomic E-state index is -0.318. The van der Waals surface area contributed by atoms with Crippen LogP contribution < -0.4 is 10.6 Å². The van der Waals surface area contributed by atoms with Crippen molar-refractivity contribution in [2.45, 2.75) is 39.7 Å². The number of allylic oxidation sites excluding steroid dienone is 1. The molecule has 2 aromatic rings. The van der Waals surface area contributed by atoms with Crippen molar-refractivity contribution in [3.8, 4) is 0 Å². The second kappa shape index (κ2) is 9.21. The molecule has 2 aromatic heterocycles. The maximum atomic E-state index is 12.7. The van der Waals surface area contributed by atoms with Gasteiger partial charge in [0, 0.05) is 25.7 Å². The lowest BCUT2D eigenvalue weighted by Gasteiger charge is -2.31. The van der Waals surface area contributed by atoms with Gasteiger partial charge in [-0.05, 0) is 57.4 Å². The number of piperidine rings is 1. The number of carbonyl (C=O) groups excluding carboxylic acids is 2. The van der Waals surface area contributed by atoms with E-state index in [1.807, 2.05) is 13.0 Å². The van der Waals surface area contributed by atoms with Crippen molar-refractivity contribution in [2.24, 2.45) is 0 Å². The number of hydrogen-bond acceptors (Lipinski definition) is 5. The zero-order valence-electron chi connectivity index (χ0n) is 16.6. The van der Waals surface area contributed by atoms with Gasteiger partial charge in [0.15, 0.2) is 5.76 Å². The number of furan rings is 1. The standard InChI is InChI=1S/C21H27N3O3S/c1-14(2)6-9-24-10-7-16(8-11-24)22-21(26)19-15(3)13-18(28-19)23-20(25)17-5-4-12-27-17/h4-6,12-13,16H,7-11H2,1-3H3,(H,22,26)(H,23,25). The number of rotatable bonds is 6. The first-order chi connectivity index (χ1) is 13.4. The van der Waals surface area contributed by atoms with E-state index in [0.717, 1.165) is 38.0 Å². The first kappa shape index (κ1) is 20.4. The molecule has 150 valence electrons. The summed E-state index contributed by atoms with van der Waals surface area (Å²) in [6.45, 7) is 9.07. The van der Waals surface area contributed by atoms with Crippen LogP contribution in [0.5, 0.6) is 0 Å². The topological polar surface area (TPSA) is 74.6 Å². The lowest BCUT2D eigenvalue weighted by atomic mass is 10.0. The molecule has 3 heterocycles. The predicted octanol–water partition coefficient (Wildman–Crippen LogP) is 4.06. The summed E-state index contributed by atoms with van der Waals surface area (Å²) in [6, 6.07) is 5.28. The Kier molecular flexibility index (Phi) is 6.70. The molecule has 1 aliphatic rings. The largest absolute Gasteiger partial charge is 0.459 e. The number of hydrogen-bond donors (Lipinski definition) is 2. The van der Waals surface area contributed by atoms with Gasteiger partial charge in [-0.2, -0.15) is 0 Å². The van der Waals surface area contributed by atoms with E-state index in [1.165, 1.54) is 23.2 Å². The summed E-state index contributed by atoms with van der Waals surface area (Å²) >= 11 is 1.29. The van der Waals surface area contributed by atoms with Crippen LogP contribution >= 0.6 is 11.3 Å². The van der Waals surface area contributed by atoms with Crippen molar-refractivity contribution < 1.29 is 14.0 Å². The highest BCUT2D eigenvalue weighted by atomic mass is 32.1. The molecular formula is C21H27N3O3S. The van der Waals surface area contributed by atoms with Gasteiger partial charge in [0.05, 0.1) is 16.1 Å². The Labute approximate surface area is 169 Å². The van der Waals surface area contributed by atoms with Gasteiger partial charge in [-0.15, -0.1) is 11.3 Å². The van der Waals surface area contributed by atoms with Gasteiger partial charge in [-0.1, -0.05) is 11.6 Å². The summed E-state index contributed by atoms with van der Waals surface area (Å²) in [5.74, 6) is -0.136. The molecule has 7 heteroatoms. The van der Waals surface area contributed by atoms with Gasteiger partial charge < -0.3 is 15.1 Å². The number of nitrogens with one attached hydrogen (secondary N) is 2. The van der Waals surface area contributed by atoms with Crippen molar-refractivity contribution >= 4 is 28.2 Å². The van der Waals surface area contributed by atoms with Crippen molar-refractivity contribution in [1.29, 1.82) is 0 Å². The van der Waals surface area contributed by atoms with Crippen molar-refractivity contribution in [3.63, 3.8) is 0 Å². The van der Waals surface area contributed by atoms with Crippen molar-refractivity contribution in [1.82, 2.24) is 10.2 Å². The van der Waals surface area contributed by atoms with E-state index >= 15 is 0 Å². The molecule has 0 radical (unpaired) electrons. The number of thiophene rings is 1. The SMILES string of the molecule is CC(C)=CCN1CCC(NC(=O)c2sc(NC(=O)c3ccco3)cc2C)CC1. The van der Waals surface area contributed by atoms with E-state index in [1.54, 1.807) is 12.1 Å². The van der Waals surface area contributed by atoms with Crippen LogP contribution in [0.2, 0.25) is 0 Å². The third kappa shape index (κ3) is 5.33. The summed E-state index contributed by atoms with van der Waals surface area (Å²) in [6.07, 6.45) is 5.61. The molecule has 0 unspecified atom stereocenters. The van der Waals surface area contributed by atoms with Gasteiger partial charge in [-0.25, -0.2) is 0 Å². The average molecular weight is 402 g/mol. The van der Waals surface area contributed by atoms with E-state index in [-0.39, 0.29) is 23.6 Å². The Hall–Kier alpha value is -2.38. The molecule has 0 spiro atoms. The highest BCUT2D eigenvalue weighted by Crippen LogP contribution is 2.27. The van der Waals surface area contributed by atoms with Crippen LogP contribution in [-0.4, -0.2) is 42.4 Å². The van der Waals surface area contributed by atoms with Crippen LogP contribution in [0.4, 0.5) is 5.00 Å². The third-order valence-corrected chi connectivity index (χ3v) is 5.94. The summed E-state index contributed by atoms with van der Waals surface area (Å²) < 4.78 is 5.10. The van der Waals surface area contributed by atoms with Gasteiger partial charge >= 0.3 is 0 Å². The fourth-order valence-electron chi connectivity index (χ4n) is 3.17. The van der Waals surface area contributed by atoms with Crippen molar-refractivity contribution in [2.75, 3.05) is 25.0 Å². The molecule has 1 saturated heterocycles. The van der Waals surface area contributed by atoms with Crippen LogP contribution in [0.1, 0.15) is 52.5 Å². The quantitative estimate of drug-likeness (QED) is 0.716. The summed E-state index contributed by atoms with van der Waals surface area (Å²) in [4.78, 5) is 27.9. The number of nitrogens with zero attached hydrogens (tertiary/aromatic N) is 1. The van der Waals surface area contributed by atoms with Crippen molar-refractivity contribution in [3.05, 3.63) is 52.3 Å². The maximum Gasteiger partial charge on any atom is 0.291 e. The number of carbonyl (C=O) groups is 2. The van der Waals surface area contributed by atoms with E-state index < -0.39 is 0 Å². The Morgan fingerprint density at radius 3 is 2.68 bits per heavy atom. The smallest absolute Gasteiger partial charge is 0.291 e. The van der Waals surface area contributed by atoms with Crippen LogP contribution in [0.15, 0.2) is 40.5 Å². The second-order valence-corrected chi connectivity index (χ2v) is 8.44. The minimum absolute atomic E-state index is 0.0660. The molecule has 0 aliphatic carbocycles. The molecule has 2 N–H and O–H groups in total. The number of anilines is 1. The molecule has 1 aliphatic heterocycles. The highest BCUT2D eigenvalue weighted by molar-refractivity contribution is 7.18. The lowest BCUT2D eigenvalue weighted by molar-refractivity contribution is 0.0917. The first-order valence-corrected chi connectivity index (χ1v) is 10.4. The van der Waals surface area contributed by atoms with E-state index in [4.69, 9.17) is 4.42 Å². The van der Waals surface area contributed by atoms with Crippen LogP contribution in [0, 0.1) is 6.92 Å². The number of aryl methyl sites for hydroxylation is 1. The number of amides is 2. The van der Waals surface area contributed by atoms with Gasteiger partial charge in [0.1, 0.15) is 0 Å². The zero-order valence-corrected chi connectivity index (χ0v) is 17.4. The molecule has 3 rings (SSSR count). The van der Waals surface area contributed by atoms with Crippen LogP contribution in [-0.2, 0) is 0 Å². The molecule has 1 fully saturated rings. The second-order valence-electron chi connectivity index (χ2n) is 7.38. The van der Waals surface area contributed by atoms with Crippen LogP contribution in [0.3, 0.4) is 0 Å². The Morgan fingerprint density at radius 2 is 2.04 bits per heavy atom. The Balaban J connectivity index is 1.53. The molecule has 0 atom stereocenters. The summed E-state index contributed by atoms with van der Waals surface area (Å²) in [5.41, 5.74) is 2.19. The predicted molar refractivity (Wildman–Crippen MR) is 112 cm³/mol. The van der Waals surface area contributed by atoms with Crippen LogP contribution in [0.25, 0.3) is 0 Å². The molecule has 0 saturated carbocycles. The molecule has 0 aromatic carbocycles.